The van der Waals surface area contributed by atoms with Crippen LogP contribution >= 0.6 is 11.6 Å². The molecule has 2 N–H and O–H groups in total. The molecule has 0 heterocycles. The van der Waals surface area contributed by atoms with E-state index in [1.165, 1.54) is 13.8 Å². The lowest BCUT2D eigenvalue weighted by molar-refractivity contribution is -0.146. The van der Waals surface area contributed by atoms with Crippen LogP contribution in [0.2, 0.25) is 5.02 Å². The maximum Gasteiger partial charge on any atom is 0.328 e. The largest absolute Gasteiger partial charge is 0.491 e. The molecule has 5 nitrogen and oxygen atoms in total. The van der Waals surface area contributed by atoms with Gasteiger partial charge in [-0.2, -0.15) is 0 Å². The topological polar surface area (TPSA) is 75.6 Å². The number of ether oxygens (including phenoxy) is 1. The third-order valence-corrected chi connectivity index (χ3v) is 2.72. The Kier molecular flexibility index (Phi) is 5.18. The van der Waals surface area contributed by atoms with E-state index < -0.39 is 11.5 Å². The Morgan fingerprint density at radius 2 is 2.00 bits per heavy atom. The zero-order chi connectivity index (χ0) is 14.5. The van der Waals surface area contributed by atoms with E-state index in [0.29, 0.717) is 10.8 Å². The van der Waals surface area contributed by atoms with E-state index in [-0.39, 0.29) is 18.9 Å². The summed E-state index contributed by atoms with van der Waals surface area (Å²) >= 11 is 5.88. The summed E-state index contributed by atoms with van der Waals surface area (Å²) in [6.07, 6.45) is 0.0575. The van der Waals surface area contributed by atoms with E-state index in [0.717, 1.165) is 0 Å². The van der Waals surface area contributed by atoms with Crippen LogP contribution in [0.25, 0.3) is 0 Å². The Hall–Kier alpha value is -1.75. The predicted molar refractivity (Wildman–Crippen MR) is 71.4 cm³/mol. The molecule has 1 amide bonds. The number of amides is 1. The molecule has 0 spiro atoms. The van der Waals surface area contributed by atoms with Gasteiger partial charge in [0.1, 0.15) is 11.3 Å². The lowest BCUT2D eigenvalue weighted by atomic mass is 10.1. The highest BCUT2D eigenvalue weighted by atomic mass is 35.5. The number of hydrogen-bond acceptors (Lipinski definition) is 3. The monoisotopic (exact) mass is 285 g/mol. The zero-order valence-corrected chi connectivity index (χ0v) is 11.5. The van der Waals surface area contributed by atoms with Crippen LogP contribution in [-0.2, 0) is 9.59 Å². The number of nitrogens with one attached hydrogen (secondary N) is 1. The molecule has 0 fully saturated rings. The fraction of sp³-hybridized carbons (Fsp3) is 0.385. The second-order valence-electron chi connectivity index (χ2n) is 4.51. The third-order valence-electron chi connectivity index (χ3n) is 2.41. The normalized spacial score (nSPS) is 10.9. The molecular weight excluding hydrogens is 270 g/mol. The summed E-state index contributed by atoms with van der Waals surface area (Å²) < 4.78 is 5.34. The Morgan fingerprint density at radius 1 is 1.37 bits per heavy atom. The van der Waals surface area contributed by atoms with Gasteiger partial charge in [0.15, 0.2) is 0 Å². The average molecular weight is 286 g/mol. The van der Waals surface area contributed by atoms with E-state index in [9.17, 15) is 9.59 Å². The van der Waals surface area contributed by atoms with Crippen molar-refractivity contribution >= 4 is 23.5 Å². The molecule has 1 rings (SSSR count). The Labute approximate surface area is 116 Å². The highest BCUT2D eigenvalue weighted by Crippen LogP contribution is 2.23. The first-order valence-electron chi connectivity index (χ1n) is 5.74. The fourth-order valence-electron chi connectivity index (χ4n) is 1.28. The SMILES string of the molecule is CC(C)(NC(=O)CCOc1ccccc1Cl)C(=O)O. The highest BCUT2D eigenvalue weighted by molar-refractivity contribution is 6.32. The van der Waals surface area contributed by atoms with Crippen molar-refractivity contribution in [3.8, 4) is 5.75 Å². The summed E-state index contributed by atoms with van der Waals surface area (Å²) in [5.74, 6) is -0.984. The van der Waals surface area contributed by atoms with Crippen molar-refractivity contribution in [3.63, 3.8) is 0 Å². The van der Waals surface area contributed by atoms with Crippen LogP contribution in [0.15, 0.2) is 24.3 Å². The van der Waals surface area contributed by atoms with Crippen molar-refractivity contribution < 1.29 is 19.4 Å². The van der Waals surface area contributed by atoms with E-state index in [2.05, 4.69) is 5.32 Å². The van der Waals surface area contributed by atoms with Gasteiger partial charge in [0.05, 0.1) is 18.1 Å². The van der Waals surface area contributed by atoms with E-state index >= 15 is 0 Å². The number of rotatable bonds is 6. The number of carboxylic acid groups (broad SMARTS) is 1. The van der Waals surface area contributed by atoms with Gasteiger partial charge in [0.2, 0.25) is 5.91 Å². The van der Waals surface area contributed by atoms with Gasteiger partial charge in [-0.3, -0.25) is 4.79 Å². The number of aliphatic carboxylic acids is 1. The zero-order valence-electron chi connectivity index (χ0n) is 10.8. The quantitative estimate of drug-likeness (QED) is 0.839. The van der Waals surface area contributed by atoms with E-state index in [1.54, 1.807) is 24.3 Å². The molecule has 0 aliphatic heterocycles. The number of para-hydroxylation sites is 1. The van der Waals surface area contributed by atoms with Crippen molar-refractivity contribution in [1.29, 1.82) is 0 Å². The van der Waals surface area contributed by atoms with Gasteiger partial charge >= 0.3 is 5.97 Å². The second-order valence-corrected chi connectivity index (χ2v) is 4.91. The molecule has 0 saturated heterocycles. The smallest absolute Gasteiger partial charge is 0.328 e. The summed E-state index contributed by atoms with van der Waals surface area (Å²) in [5, 5.41) is 11.7. The van der Waals surface area contributed by atoms with Crippen molar-refractivity contribution in [2.24, 2.45) is 0 Å². The Morgan fingerprint density at radius 3 is 2.58 bits per heavy atom. The maximum absolute atomic E-state index is 11.6. The summed E-state index contributed by atoms with van der Waals surface area (Å²) in [4.78, 5) is 22.4. The minimum absolute atomic E-state index is 0.0575. The first-order chi connectivity index (χ1) is 8.83. The highest BCUT2D eigenvalue weighted by Gasteiger charge is 2.28. The molecule has 0 radical (unpaired) electrons. The van der Waals surface area contributed by atoms with Crippen LogP contribution in [0.1, 0.15) is 20.3 Å². The molecule has 0 aromatic heterocycles. The van der Waals surface area contributed by atoms with Crippen LogP contribution in [0.5, 0.6) is 5.75 Å². The average Bonchev–Trinajstić information content (AvgIpc) is 2.30. The molecule has 19 heavy (non-hydrogen) atoms. The molecule has 0 bridgehead atoms. The van der Waals surface area contributed by atoms with Crippen LogP contribution in [0.4, 0.5) is 0 Å². The van der Waals surface area contributed by atoms with Crippen molar-refractivity contribution in [3.05, 3.63) is 29.3 Å². The summed E-state index contributed by atoms with van der Waals surface area (Å²) in [6.45, 7) is 2.97. The number of carbonyl (C=O) groups is 2. The molecule has 0 saturated carbocycles. The molecule has 0 aliphatic rings. The molecule has 0 atom stereocenters. The lowest BCUT2D eigenvalue weighted by Crippen LogP contribution is -2.49. The van der Waals surface area contributed by atoms with E-state index in [1.807, 2.05) is 0 Å². The van der Waals surface area contributed by atoms with Gasteiger partial charge in [-0.05, 0) is 26.0 Å². The van der Waals surface area contributed by atoms with Gasteiger partial charge < -0.3 is 15.2 Å². The minimum Gasteiger partial charge on any atom is -0.491 e. The molecule has 1 aromatic rings. The van der Waals surface area contributed by atoms with Crippen molar-refractivity contribution in [1.82, 2.24) is 5.32 Å². The number of hydrogen-bond donors (Lipinski definition) is 2. The molecule has 1 aromatic carbocycles. The molecule has 6 heteroatoms. The summed E-state index contributed by atoms with van der Waals surface area (Å²) in [7, 11) is 0. The fourth-order valence-corrected chi connectivity index (χ4v) is 1.47. The molecular formula is C13H16ClNO4. The Balaban J connectivity index is 2.40. The van der Waals surface area contributed by atoms with Gasteiger partial charge in [0.25, 0.3) is 0 Å². The van der Waals surface area contributed by atoms with Crippen LogP contribution in [0.3, 0.4) is 0 Å². The van der Waals surface area contributed by atoms with Crippen molar-refractivity contribution in [2.75, 3.05) is 6.61 Å². The molecule has 0 aliphatic carbocycles. The van der Waals surface area contributed by atoms with Crippen molar-refractivity contribution in [2.45, 2.75) is 25.8 Å². The van der Waals surface area contributed by atoms with Gasteiger partial charge in [0, 0.05) is 0 Å². The van der Waals surface area contributed by atoms with Gasteiger partial charge in [-0.25, -0.2) is 4.79 Å². The Bertz CT molecular complexity index is 473. The number of carboxylic acids is 1. The minimum atomic E-state index is -1.29. The van der Waals surface area contributed by atoms with Crippen LogP contribution < -0.4 is 10.1 Å². The molecule has 0 unspecified atom stereocenters. The number of halogens is 1. The predicted octanol–water partition coefficient (Wildman–Crippen LogP) is 2.09. The van der Waals surface area contributed by atoms with Gasteiger partial charge in [-0.1, -0.05) is 23.7 Å². The second kappa shape index (κ2) is 6.43. The summed E-state index contributed by atoms with van der Waals surface area (Å²) in [6, 6.07) is 6.93. The maximum atomic E-state index is 11.6. The van der Waals surface area contributed by atoms with E-state index in [4.69, 9.17) is 21.4 Å². The van der Waals surface area contributed by atoms with Crippen LogP contribution in [0, 0.1) is 0 Å². The van der Waals surface area contributed by atoms with Crippen LogP contribution in [-0.4, -0.2) is 29.1 Å². The number of benzene rings is 1. The van der Waals surface area contributed by atoms with Gasteiger partial charge in [-0.15, -0.1) is 0 Å². The summed E-state index contributed by atoms with van der Waals surface area (Å²) in [5.41, 5.74) is -1.29. The first kappa shape index (κ1) is 15.3. The lowest BCUT2D eigenvalue weighted by Gasteiger charge is -2.20. The molecule has 104 valence electrons. The first-order valence-corrected chi connectivity index (χ1v) is 6.12. The third kappa shape index (κ3) is 4.79. The number of carbonyl (C=O) groups excluding carboxylic acids is 1. The standard InChI is InChI=1S/C13H16ClNO4/c1-13(2,12(17)18)15-11(16)7-8-19-10-6-4-3-5-9(10)14/h3-6H,7-8H2,1-2H3,(H,15,16)(H,17,18).